The quantitative estimate of drug-likeness (QED) is 0.848. The van der Waals surface area contributed by atoms with Gasteiger partial charge in [0.25, 0.3) is 0 Å². The van der Waals surface area contributed by atoms with E-state index >= 15 is 0 Å². The van der Waals surface area contributed by atoms with E-state index in [1.54, 1.807) is 12.5 Å². The summed E-state index contributed by atoms with van der Waals surface area (Å²) >= 11 is 0. The normalized spacial score (nSPS) is 10.6. The first-order valence-corrected chi connectivity index (χ1v) is 6.17. The van der Waals surface area contributed by atoms with E-state index < -0.39 is 0 Å². The zero-order valence-electron chi connectivity index (χ0n) is 10.9. The van der Waals surface area contributed by atoms with Gasteiger partial charge >= 0.3 is 0 Å². The van der Waals surface area contributed by atoms with Crippen LogP contribution in [0.3, 0.4) is 0 Å². The van der Waals surface area contributed by atoms with Gasteiger partial charge in [-0.05, 0) is 24.7 Å². The van der Waals surface area contributed by atoms with Crippen LogP contribution in [0, 0.1) is 0 Å². The Morgan fingerprint density at radius 1 is 1.39 bits per heavy atom. The molecule has 2 aromatic heterocycles. The molecule has 0 saturated carbocycles. The molecule has 0 radical (unpaired) electrons. The number of rotatable bonds is 6. The van der Waals surface area contributed by atoms with Crippen LogP contribution in [0.5, 0.6) is 0 Å². The van der Waals surface area contributed by atoms with Crippen LogP contribution in [0.2, 0.25) is 0 Å². The highest BCUT2D eigenvalue weighted by Crippen LogP contribution is 2.16. The first-order valence-electron chi connectivity index (χ1n) is 6.17. The third-order valence-corrected chi connectivity index (χ3v) is 2.80. The van der Waals surface area contributed by atoms with Gasteiger partial charge in [-0.15, -0.1) is 0 Å². The fourth-order valence-corrected chi connectivity index (χ4v) is 1.80. The molecule has 0 saturated heterocycles. The molecule has 0 aromatic carbocycles. The van der Waals surface area contributed by atoms with Crippen LogP contribution in [0.15, 0.2) is 41.3 Å². The molecule has 0 bridgehead atoms. The zero-order chi connectivity index (χ0) is 12.8. The molecular weight excluding hydrogens is 226 g/mol. The average Bonchev–Trinajstić information content (AvgIpc) is 2.89. The maximum Gasteiger partial charge on any atom is 0.0952 e. The maximum absolute atomic E-state index is 5.08. The Morgan fingerprint density at radius 3 is 3.00 bits per heavy atom. The van der Waals surface area contributed by atoms with Gasteiger partial charge in [0, 0.05) is 37.6 Å². The summed E-state index contributed by atoms with van der Waals surface area (Å²) in [7, 11) is 2.07. The maximum atomic E-state index is 5.08. The van der Waals surface area contributed by atoms with Gasteiger partial charge in [0.15, 0.2) is 0 Å². The monoisotopic (exact) mass is 245 g/mol. The summed E-state index contributed by atoms with van der Waals surface area (Å²) in [5.74, 6) is 0. The molecular formula is C14H19N3O. The molecule has 0 aliphatic carbocycles. The molecule has 0 atom stereocenters. The average molecular weight is 245 g/mol. The Hall–Kier alpha value is -1.81. The lowest BCUT2D eigenvalue weighted by molar-refractivity contribution is 0.563. The number of pyridine rings is 1. The molecule has 2 aromatic rings. The van der Waals surface area contributed by atoms with Gasteiger partial charge in [-0.3, -0.25) is 4.98 Å². The molecule has 2 heterocycles. The molecule has 2 rings (SSSR count). The largest absolute Gasteiger partial charge is 0.472 e. The van der Waals surface area contributed by atoms with Gasteiger partial charge in [0.1, 0.15) is 0 Å². The molecule has 0 aliphatic rings. The molecule has 4 nitrogen and oxygen atoms in total. The van der Waals surface area contributed by atoms with Crippen molar-refractivity contribution in [3.05, 3.63) is 48.2 Å². The summed E-state index contributed by atoms with van der Waals surface area (Å²) < 4.78 is 5.08. The molecule has 1 N–H and O–H groups in total. The predicted molar refractivity (Wildman–Crippen MR) is 72.4 cm³/mol. The van der Waals surface area contributed by atoms with Crippen molar-refractivity contribution in [2.45, 2.75) is 20.0 Å². The molecule has 4 heteroatoms. The van der Waals surface area contributed by atoms with Crippen LogP contribution in [-0.2, 0) is 13.1 Å². The summed E-state index contributed by atoms with van der Waals surface area (Å²) in [5, 5.41) is 3.28. The molecule has 96 valence electrons. The smallest absolute Gasteiger partial charge is 0.0952 e. The molecule has 0 aliphatic heterocycles. The van der Waals surface area contributed by atoms with Crippen molar-refractivity contribution in [2.24, 2.45) is 0 Å². The van der Waals surface area contributed by atoms with E-state index in [-0.39, 0.29) is 0 Å². The standard InChI is InChI=1S/C14H19N3O/c1-3-15-9-13-8-14(4-6-16-13)17(2)10-12-5-7-18-11-12/h4-8,11,15H,3,9-10H2,1-2H3. The lowest BCUT2D eigenvalue weighted by Crippen LogP contribution is -2.17. The molecule has 0 unspecified atom stereocenters. The number of anilines is 1. The van der Waals surface area contributed by atoms with Crippen LogP contribution < -0.4 is 10.2 Å². The number of furan rings is 1. The lowest BCUT2D eigenvalue weighted by atomic mass is 10.2. The van der Waals surface area contributed by atoms with Crippen LogP contribution in [-0.4, -0.2) is 18.6 Å². The highest BCUT2D eigenvalue weighted by atomic mass is 16.3. The third-order valence-electron chi connectivity index (χ3n) is 2.80. The second-order valence-corrected chi connectivity index (χ2v) is 4.27. The van der Waals surface area contributed by atoms with Gasteiger partial charge in [0.05, 0.1) is 18.2 Å². The van der Waals surface area contributed by atoms with E-state index in [0.29, 0.717) is 0 Å². The van der Waals surface area contributed by atoms with E-state index in [4.69, 9.17) is 4.42 Å². The van der Waals surface area contributed by atoms with Crippen LogP contribution in [0.4, 0.5) is 5.69 Å². The Balaban J connectivity index is 2.03. The number of hydrogen-bond acceptors (Lipinski definition) is 4. The van der Waals surface area contributed by atoms with E-state index in [9.17, 15) is 0 Å². The van der Waals surface area contributed by atoms with Crippen molar-refractivity contribution in [1.82, 2.24) is 10.3 Å². The first-order chi connectivity index (χ1) is 8.79. The van der Waals surface area contributed by atoms with Crippen molar-refractivity contribution in [1.29, 1.82) is 0 Å². The van der Waals surface area contributed by atoms with Gasteiger partial charge < -0.3 is 14.6 Å². The SMILES string of the molecule is CCNCc1cc(N(C)Cc2ccoc2)ccn1. The van der Waals surface area contributed by atoms with Crippen molar-refractivity contribution >= 4 is 5.69 Å². The first kappa shape index (κ1) is 12.6. The van der Waals surface area contributed by atoms with Gasteiger partial charge in [-0.25, -0.2) is 0 Å². The van der Waals surface area contributed by atoms with Gasteiger partial charge in [-0.1, -0.05) is 6.92 Å². The fraction of sp³-hybridized carbons (Fsp3) is 0.357. The van der Waals surface area contributed by atoms with Crippen LogP contribution in [0.25, 0.3) is 0 Å². The minimum absolute atomic E-state index is 0.809. The Labute approximate surface area is 108 Å². The molecule has 0 spiro atoms. The van der Waals surface area contributed by atoms with E-state index in [0.717, 1.165) is 25.3 Å². The lowest BCUT2D eigenvalue weighted by Gasteiger charge is -2.18. The zero-order valence-corrected chi connectivity index (χ0v) is 10.9. The summed E-state index contributed by atoms with van der Waals surface area (Å²) in [4.78, 5) is 6.53. The molecule has 18 heavy (non-hydrogen) atoms. The van der Waals surface area contributed by atoms with Gasteiger partial charge in [-0.2, -0.15) is 0 Å². The highest BCUT2D eigenvalue weighted by Gasteiger charge is 2.04. The van der Waals surface area contributed by atoms with E-state index in [1.165, 1.54) is 11.3 Å². The summed E-state index contributed by atoms with van der Waals surface area (Å²) in [6.07, 6.45) is 5.33. The fourth-order valence-electron chi connectivity index (χ4n) is 1.80. The number of aromatic nitrogens is 1. The van der Waals surface area contributed by atoms with Gasteiger partial charge in [0.2, 0.25) is 0 Å². The van der Waals surface area contributed by atoms with Crippen molar-refractivity contribution < 1.29 is 4.42 Å². The number of nitrogens with one attached hydrogen (secondary N) is 1. The minimum atomic E-state index is 0.809. The minimum Gasteiger partial charge on any atom is -0.472 e. The van der Waals surface area contributed by atoms with Crippen LogP contribution >= 0.6 is 0 Å². The van der Waals surface area contributed by atoms with Crippen LogP contribution in [0.1, 0.15) is 18.2 Å². The second kappa shape index (κ2) is 6.21. The summed E-state index contributed by atoms with van der Waals surface area (Å²) in [5.41, 5.74) is 3.40. The summed E-state index contributed by atoms with van der Waals surface area (Å²) in [6.45, 7) is 4.69. The Kier molecular flexibility index (Phi) is 4.36. The molecule has 0 fully saturated rings. The summed E-state index contributed by atoms with van der Waals surface area (Å²) in [6, 6.07) is 6.12. The Morgan fingerprint density at radius 2 is 2.28 bits per heavy atom. The predicted octanol–water partition coefficient (Wildman–Crippen LogP) is 2.42. The second-order valence-electron chi connectivity index (χ2n) is 4.27. The number of hydrogen-bond donors (Lipinski definition) is 1. The van der Waals surface area contributed by atoms with Crippen molar-refractivity contribution in [2.75, 3.05) is 18.5 Å². The number of nitrogens with zero attached hydrogens (tertiary/aromatic N) is 2. The van der Waals surface area contributed by atoms with Crippen molar-refractivity contribution in [3.8, 4) is 0 Å². The van der Waals surface area contributed by atoms with E-state index in [1.807, 2.05) is 18.3 Å². The topological polar surface area (TPSA) is 41.3 Å². The van der Waals surface area contributed by atoms with Crippen molar-refractivity contribution in [3.63, 3.8) is 0 Å². The molecule has 0 amide bonds. The Bertz CT molecular complexity index is 468. The third kappa shape index (κ3) is 3.34. The highest BCUT2D eigenvalue weighted by molar-refractivity contribution is 5.46. The van der Waals surface area contributed by atoms with E-state index in [2.05, 4.69) is 35.2 Å².